The molecule has 2 aliphatic heterocycles. The largest absolute Gasteiger partial charge is 0.403 e. The molecule has 0 amide bonds. The zero-order valence-electron chi connectivity index (χ0n) is 25.3. The molecule has 3 aromatic heterocycles. The maximum atomic E-state index is 14.1. The first-order valence-electron chi connectivity index (χ1n) is 15.1. The molecule has 0 spiro atoms. The normalized spacial score (nSPS) is 16.4. The van der Waals surface area contributed by atoms with Crippen molar-refractivity contribution in [1.82, 2.24) is 30.0 Å². The molecule has 47 heavy (non-hydrogen) atoms. The van der Waals surface area contributed by atoms with Crippen molar-refractivity contribution in [3.8, 4) is 0 Å². The average molecular weight is 671 g/mol. The lowest BCUT2D eigenvalue weighted by Gasteiger charge is -2.29. The zero-order chi connectivity index (χ0) is 33.2. The van der Waals surface area contributed by atoms with Gasteiger partial charge >= 0.3 is 6.18 Å². The van der Waals surface area contributed by atoms with Crippen LogP contribution in [0.1, 0.15) is 24.0 Å². The fraction of sp³-hybridized carbons (Fsp3) is 0.387. The van der Waals surface area contributed by atoms with Crippen molar-refractivity contribution in [2.75, 3.05) is 55.4 Å². The maximum absolute atomic E-state index is 14.1. The summed E-state index contributed by atoms with van der Waals surface area (Å²) in [5.41, 5.74) is 2.10. The highest BCUT2D eigenvalue weighted by atomic mass is 32.2. The minimum Gasteiger partial charge on any atom is -0.381 e. The molecule has 0 radical (unpaired) electrons. The Hall–Kier alpha value is -4.41. The Labute approximate surface area is 268 Å². The van der Waals surface area contributed by atoms with Crippen LogP contribution < -0.4 is 21.1 Å². The van der Waals surface area contributed by atoms with Gasteiger partial charge in [0.25, 0.3) is 5.56 Å². The van der Waals surface area contributed by atoms with Gasteiger partial charge in [0.2, 0.25) is 5.95 Å². The van der Waals surface area contributed by atoms with Crippen molar-refractivity contribution in [3.63, 3.8) is 0 Å². The van der Waals surface area contributed by atoms with E-state index in [-0.39, 0.29) is 28.6 Å². The number of aromatic nitrogens is 5. The van der Waals surface area contributed by atoms with Crippen LogP contribution in [-0.2, 0) is 21.1 Å². The van der Waals surface area contributed by atoms with Crippen LogP contribution >= 0.6 is 0 Å². The first-order valence-corrected chi connectivity index (χ1v) is 16.7. The lowest BCUT2D eigenvalue weighted by molar-refractivity contribution is -0.106. The molecule has 0 bridgehead atoms. The number of nitrogens with one attached hydrogen (secondary N) is 2. The summed E-state index contributed by atoms with van der Waals surface area (Å²) in [7, 11) is -4.87. The SMILES string of the molecule is C=C(c1cc2cnc(Nc3ccc(N4CCNCC4)cc3)nc2n(Cc2cnncc2S(=O)(=O)CC(F)(F)F)c1=O)C1CCOCC1. The van der Waals surface area contributed by atoms with Crippen molar-refractivity contribution >= 4 is 43.8 Å². The highest BCUT2D eigenvalue weighted by Crippen LogP contribution is 2.31. The quantitative estimate of drug-likeness (QED) is 0.270. The number of alkyl halides is 3. The number of nitrogens with zero attached hydrogens (tertiary/aromatic N) is 6. The molecule has 2 saturated heterocycles. The van der Waals surface area contributed by atoms with E-state index in [0.717, 1.165) is 44.3 Å². The molecule has 16 heteroatoms. The molecule has 0 unspecified atom stereocenters. The summed E-state index contributed by atoms with van der Waals surface area (Å²) in [6, 6.07) is 9.39. The first kappa shape index (κ1) is 32.5. The highest BCUT2D eigenvalue weighted by Gasteiger charge is 2.37. The van der Waals surface area contributed by atoms with E-state index in [0.29, 0.717) is 42.7 Å². The summed E-state index contributed by atoms with van der Waals surface area (Å²) in [6.07, 6.45) is -0.319. The summed E-state index contributed by atoms with van der Waals surface area (Å²) in [4.78, 5) is 24.8. The lowest BCUT2D eigenvalue weighted by atomic mass is 9.88. The molecule has 1 aromatic carbocycles. The smallest absolute Gasteiger partial charge is 0.381 e. The molecule has 5 heterocycles. The summed E-state index contributed by atoms with van der Waals surface area (Å²) < 4.78 is 72.0. The van der Waals surface area contributed by atoms with Gasteiger partial charge in [0.05, 0.1) is 23.8 Å². The standard InChI is InChI=1S/C31H33F3N8O4S/c1-20(21-6-12-46-13-7-21)26-14-22-15-36-30(39-24-2-4-25(5-3-24)41-10-8-35-9-11-41)40-28(22)42(29(26)43)18-23-16-37-38-17-27(23)47(44,45)19-31(32,33)34/h2-5,14-17,21,35H,1,6-13,18-19H2,(H,36,39,40). The molecule has 0 saturated carbocycles. The van der Waals surface area contributed by atoms with Crippen LogP contribution in [0.25, 0.3) is 16.6 Å². The number of anilines is 3. The van der Waals surface area contributed by atoms with Gasteiger partial charge in [-0.2, -0.15) is 28.4 Å². The topological polar surface area (TPSA) is 144 Å². The van der Waals surface area contributed by atoms with Crippen LogP contribution in [0.3, 0.4) is 0 Å². The van der Waals surface area contributed by atoms with Gasteiger partial charge in [0, 0.05) is 73.5 Å². The number of rotatable bonds is 9. The van der Waals surface area contributed by atoms with Gasteiger partial charge in [-0.15, -0.1) is 0 Å². The Morgan fingerprint density at radius 2 is 1.77 bits per heavy atom. The molecule has 4 aromatic rings. The number of allylic oxidation sites excluding steroid dienone is 1. The average Bonchev–Trinajstić information content (AvgIpc) is 3.06. The van der Waals surface area contributed by atoms with Crippen molar-refractivity contribution < 1.29 is 26.3 Å². The summed E-state index contributed by atoms with van der Waals surface area (Å²) in [5.74, 6) is -1.95. The number of hydrogen-bond donors (Lipinski definition) is 2. The lowest BCUT2D eigenvalue weighted by Crippen LogP contribution is -2.43. The molecule has 248 valence electrons. The summed E-state index contributed by atoms with van der Waals surface area (Å²) in [5, 5.41) is 14.2. The fourth-order valence-electron chi connectivity index (χ4n) is 5.87. The van der Waals surface area contributed by atoms with Crippen LogP contribution in [0.5, 0.6) is 0 Å². The number of ether oxygens (including phenoxy) is 1. The second-order valence-electron chi connectivity index (χ2n) is 11.5. The van der Waals surface area contributed by atoms with Crippen molar-refractivity contribution in [2.24, 2.45) is 5.92 Å². The van der Waals surface area contributed by atoms with Gasteiger partial charge in [-0.25, -0.2) is 13.4 Å². The zero-order valence-corrected chi connectivity index (χ0v) is 26.1. The third-order valence-electron chi connectivity index (χ3n) is 8.28. The molecular weight excluding hydrogens is 637 g/mol. The number of sulfone groups is 1. The molecule has 6 rings (SSSR count). The fourth-order valence-corrected chi connectivity index (χ4v) is 7.18. The third-order valence-corrected chi connectivity index (χ3v) is 10.0. The van der Waals surface area contributed by atoms with Gasteiger partial charge < -0.3 is 20.3 Å². The van der Waals surface area contributed by atoms with Crippen LogP contribution in [0.4, 0.5) is 30.5 Å². The van der Waals surface area contributed by atoms with Gasteiger partial charge in [0.1, 0.15) is 5.65 Å². The molecule has 2 fully saturated rings. The minimum atomic E-state index is -4.98. The van der Waals surface area contributed by atoms with Crippen molar-refractivity contribution in [3.05, 3.63) is 77.0 Å². The van der Waals surface area contributed by atoms with E-state index in [1.165, 1.54) is 10.8 Å². The predicted molar refractivity (Wildman–Crippen MR) is 170 cm³/mol. The molecule has 2 N–H and O–H groups in total. The van der Waals surface area contributed by atoms with E-state index < -0.39 is 38.8 Å². The highest BCUT2D eigenvalue weighted by molar-refractivity contribution is 7.91. The van der Waals surface area contributed by atoms with Crippen LogP contribution in [0.15, 0.2) is 65.2 Å². The van der Waals surface area contributed by atoms with Gasteiger partial charge in [-0.1, -0.05) is 6.58 Å². The summed E-state index contributed by atoms with van der Waals surface area (Å²) >= 11 is 0. The Balaban J connectivity index is 1.40. The number of hydrogen-bond acceptors (Lipinski definition) is 11. The van der Waals surface area contributed by atoms with Gasteiger partial charge in [-0.05, 0) is 54.7 Å². The number of halogens is 3. The first-order chi connectivity index (χ1) is 22.5. The van der Waals surface area contributed by atoms with Crippen LogP contribution in [-0.4, -0.2) is 84.5 Å². The van der Waals surface area contributed by atoms with Crippen molar-refractivity contribution in [1.29, 1.82) is 0 Å². The molecule has 0 atom stereocenters. The van der Waals surface area contributed by atoms with Crippen LogP contribution in [0, 0.1) is 5.92 Å². The van der Waals surface area contributed by atoms with E-state index in [1.807, 2.05) is 24.3 Å². The maximum Gasteiger partial charge on any atom is 0.403 e. The van der Waals surface area contributed by atoms with Crippen LogP contribution in [0.2, 0.25) is 0 Å². The van der Waals surface area contributed by atoms with Gasteiger partial charge in [0.15, 0.2) is 15.6 Å². The second kappa shape index (κ2) is 13.4. The summed E-state index contributed by atoms with van der Waals surface area (Å²) in [6.45, 7) is 8.40. The Kier molecular flexibility index (Phi) is 9.25. The Bertz CT molecular complexity index is 1940. The Morgan fingerprint density at radius 1 is 1.06 bits per heavy atom. The van der Waals surface area contributed by atoms with Gasteiger partial charge in [-0.3, -0.25) is 9.36 Å². The van der Waals surface area contributed by atoms with Crippen molar-refractivity contribution in [2.45, 2.75) is 30.5 Å². The Morgan fingerprint density at radius 3 is 2.47 bits per heavy atom. The molecular formula is C31H33F3N8O4S. The van der Waals surface area contributed by atoms with E-state index in [2.05, 4.69) is 42.3 Å². The second-order valence-corrected chi connectivity index (χ2v) is 13.5. The monoisotopic (exact) mass is 670 g/mol. The third kappa shape index (κ3) is 7.44. The number of piperazine rings is 1. The van der Waals surface area contributed by atoms with E-state index in [9.17, 15) is 26.4 Å². The minimum absolute atomic E-state index is 0.0290. The van der Waals surface area contributed by atoms with E-state index in [1.54, 1.807) is 6.07 Å². The number of pyridine rings is 1. The molecule has 12 nitrogen and oxygen atoms in total. The number of benzene rings is 1. The molecule has 0 aliphatic carbocycles. The predicted octanol–water partition coefficient (Wildman–Crippen LogP) is 3.56. The van der Waals surface area contributed by atoms with E-state index in [4.69, 9.17) is 4.74 Å². The van der Waals surface area contributed by atoms with E-state index >= 15 is 0 Å². The number of fused-ring (bicyclic) bond motifs is 1. The molecule has 2 aliphatic rings.